The number of carbonyl (C=O) groups excluding carboxylic acids is 1. The van der Waals surface area contributed by atoms with Gasteiger partial charge in [-0.15, -0.1) is 0 Å². The highest BCUT2D eigenvalue weighted by molar-refractivity contribution is 5.97. The van der Waals surface area contributed by atoms with Crippen LogP contribution in [0.5, 0.6) is 17.2 Å². The highest BCUT2D eigenvalue weighted by Crippen LogP contribution is 2.35. The van der Waals surface area contributed by atoms with Gasteiger partial charge in [0.1, 0.15) is 17.3 Å². The van der Waals surface area contributed by atoms with E-state index in [2.05, 4.69) is 0 Å². The lowest BCUT2D eigenvalue weighted by Crippen LogP contribution is -2.46. The summed E-state index contributed by atoms with van der Waals surface area (Å²) in [5, 5.41) is 9.67. The standard InChI is InChI=1S/C34H38F2N2O8/c1-42-15-2-13-38-29-18-23(4-11-30(29)46-22-33(38)39)21-45-32-20-37(34(40)41)14-12-27(32)24-5-8-26(9-6-24)43-16-3-17-44-31-19-25(35)7-10-28(31)36/h4-11,18-19,27,32H,2-3,12-17,20-22H2,1H3,(H,40,41). The monoisotopic (exact) mass is 640 g/mol. The van der Waals surface area contributed by atoms with Crippen molar-refractivity contribution in [1.82, 2.24) is 4.90 Å². The number of ether oxygens (including phenoxy) is 5. The summed E-state index contributed by atoms with van der Waals surface area (Å²) in [4.78, 5) is 27.5. The molecule has 2 unspecified atom stereocenters. The molecule has 2 amide bonds. The van der Waals surface area contributed by atoms with Crippen LogP contribution in [0.1, 0.15) is 36.3 Å². The second-order valence-corrected chi connectivity index (χ2v) is 11.1. The maximum Gasteiger partial charge on any atom is 0.407 e. The molecule has 0 aromatic heterocycles. The molecule has 0 saturated carbocycles. The predicted octanol–water partition coefficient (Wildman–Crippen LogP) is 5.63. The fourth-order valence-electron chi connectivity index (χ4n) is 5.62. The minimum atomic E-state index is -0.990. The van der Waals surface area contributed by atoms with Crippen molar-refractivity contribution in [1.29, 1.82) is 0 Å². The number of likely N-dealkylation sites (tertiary alicyclic amines) is 1. The number of benzene rings is 3. The molecular weight excluding hydrogens is 602 g/mol. The Bertz CT molecular complexity index is 1490. The number of fused-ring (bicyclic) bond motifs is 1. The third-order valence-corrected chi connectivity index (χ3v) is 8.01. The van der Waals surface area contributed by atoms with Crippen molar-refractivity contribution in [2.75, 3.05) is 58.1 Å². The zero-order valence-corrected chi connectivity index (χ0v) is 25.7. The van der Waals surface area contributed by atoms with Crippen molar-refractivity contribution in [3.05, 3.63) is 83.4 Å². The Balaban J connectivity index is 1.18. The molecule has 0 radical (unpaired) electrons. The van der Waals surface area contributed by atoms with Gasteiger partial charge in [0.05, 0.1) is 38.2 Å². The first-order chi connectivity index (χ1) is 22.3. The molecule has 2 aliphatic heterocycles. The maximum absolute atomic E-state index is 13.7. The summed E-state index contributed by atoms with van der Waals surface area (Å²) >= 11 is 0. The van der Waals surface area contributed by atoms with Crippen LogP contribution >= 0.6 is 0 Å². The number of anilines is 1. The molecule has 2 atom stereocenters. The number of nitrogens with zero attached hydrogens (tertiary/aromatic N) is 2. The van der Waals surface area contributed by atoms with Crippen LogP contribution in [0.15, 0.2) is 60.7 Å². The van der Waals surface area contributed by atoms with Crippen LogP contribution in [0, 0.1) is 11.6 Å². The average Bonchev–Trinajstić information content (AvgIpc) is 3.06. The van der Waals surface area contributed by atoms with Crippen molar-refractivity contribution in [3.8, 4) is 17.2 Å². The first-order valence-corrected chi connectivity index (χ1v) is 15.3. The average molecular weight is 641 g/mol. The molecule has 12 heteroatoms. The molecule has 0 spiro atoms. The van der Waals surface area contributed by atoms with Gasteiger partial charge in [-0.2, -0.15) is 0 Å². The zero-order chi connectivity index (χ0) is 32.5. The third-order valence-electron chi connectivity index (χ3n) is 8.01. The van der Waals surface area contributed by atoms with E-state index in [1.54, 1.807) is 12.0 Å². The Morgan fingerprint density at radius 3 is 2.59 bits per heavy atom. The number of piperidine rings is 1. The fourth-order valence-corrected chi connectivity index (χ4v) is 5.62. The molecule has 5 rings (SSSR count). The number of halogens is 2. The van der Waals surface area contributed by atoms with Crippen LogP contribution in [0.4, 0.5) is 19.3 Å². The van der Waals surface area contributed by atoms with Gasteiger partial charge in [0.2, 0.25) is 0 Å². The third kappa shape index (κ3) is 8.43. The van der Waals surface area contributed by atoms with Crippen molar-refractivity contribution < 1.29 is 47.2 Å². The van der Waals surface area contributed by atoms with E-state index < -0.39 is 23.8 Å². The smallest absolute Gasteiger partial charge is 0.407 e. The quantitative estimate of drug-likeness (QED) is 0.226. The van der Waals surface area contributed by atoms with Crippen LogP contribution in [-0.2, 0) is 20.9 Å². The van der Waals surface area contributed by atoms with Gasteiger partial charge in [-0.3, -0.25) is 4.79 Å². The van der Waals surface area contributed by atoms with Gasteiger partial charge in [-0.25, -0.2) is 13.6 Å². The van der Waals surface area contributed by atoms with Gasteiger partial charge < -0.3 is 38.6 Å². The molecule has 1 fully saturated rings. The van der Waals surface area contributed by atoms with E-state index in [9.17, 15) is 23.5 Å². The highest BCUT2D eigenvalue weighted by atomic mass is 19.1. The number of methoxy groups -OCH3 is 1. The molecule has 0 aliphatic carbocycles. The molecular formula is C34H38F2N2O8. The summed E-state index contributed by atoms with van der Waals surface area (Å²) in [5.41, 5.74) is 2.53. The Morgan fingerprint density at radius 2 is 1.80 bits per heavy atom. The Hall–Kier alpha value is -4.42. The van der Waals surface area contributed by atoms with E-state index in [1.807, 2.05) is 42.5 Å². The van der Waals surface area contributed by atoms with Gasteiger partial charge in [-0.1, -0.05) is 18.2 Å². The van der Waals surface area contributed by atoms with E-state index in [0.29, 0.717) is 62.8 Å². The second-order valence-electron chi connectivity index (χ2n) is 11.1. The summed E-state index contributed by atoms with van der Waals surface area (Å²) in [7, 11) is 1.62. The number of carbonyl (C=O) groups is 2. The van der Waals surface area contributed by atoms with E-state index >= 15 is 0 Å². The number of amides is 2. The zero-order valence-electron chi connectivity index (χ0n) is 25.7. The molecule has 10 nitrogen and oxygen atoms in total. The number of rotatable bonds is 14. The molecule has 1 saturated heterocycles. The van der Waals surface area contributed by atoms with Crippen LogP contribution in [0.25, 0.3) is 0 Å². The molecule has 3 aromatic rings. The molecule has 3 aromatic carbocycles. The summed E-state index contributed by atoms with van der Waals surface area (Å²) in [6.45, 7) is 2.35. The van der Waals surface area contributed by atoms with Crippen molar-refractivity contribution in [2.24, 2.45) is 0 Å². The van der Waals surface area contributed by atoms with Gasteiger partial charge >= 0.3 is 6.09 Å². The van der Waals surface area contributed by atoms with Crippen LogP contribution < -0.4 is 19.1 Å². The predicted molar refractivity (Wildman–Crippen MR) is 165 cm³/mol. The summed E-state index contributed by atoms with van der Waals surface area (Å²) in [5.74, 6) is -0.223. The highest BCUT2D eigenvalue weighted by Gasteiger charge is 2.33. The first kappa shape index (κ1) is 33.0. The van der Waals surface area contributed by atoms with E-state index in [1.165, 1.54) is 4.90 Å². The van der Waals surface area contributed by atoms with Gasteiger partial charge in [0.15, 0.2) is 18.2 Å². The number of hydrogen-bond acceptors (Lipinski definition) is 7. The minimum absolute atomic E-state index is 0.0133. The van der Waals surface area contributed by atoms with E-state index in [4.69, 9.17) is 23.7 Å². The summed E-state index contributed by atoms with van der Waals surface area (Å²) in [6.07, 6.45) is 0.354. The Morgan fingerprint density at radius 1 is 1.00 bits per heavy atom. The van der Waals surface area contributed by atoms with Crippen LogP contribution in [0.3, 0.4) is 0 Å². The molecule has 2 heterocycles. The largest absolute Gasteiger partial charge is 0.493 e. The van der Waals surface area contributed by atoms with Crippen LogP contribution in [0.2, 0.25) is 0 Å². The van der Waals surface area contributed by atoms with Gasteiger partial charge in [0, 0.05) is 45.2 Å². The van der Waals surface area contributed by atoms with Crippen molar-refractivity contribution in [3.63, 3.8) is 0 Å². The maximum atomic E-state index is 13.7. The molecule has 46 heavy (non-hydrogen) atoms. The Labute approximate surface area is 266 Å². The molecule has 1 N–H and O–H groups in total. The van der Waals surface area contributed by atoms with E-state index in [-0.39, 0.29) is 43.9 Å². The summed E-state index contributed by atoms with van der Waals surface area (Å²) in [6, 6.07) is 16.3. The fraction of sp³-hybridized carbons (Fsp3) is 0.412. The number of hydrogen-bond donors (Lipinski definition) is 1. The summed E-state index contributed by atoms with van der Waals surface area (Å²) < 4.78 is 55.3. The van der Waals surface area contributed by atoms with E-state index in [0.717, 1.165) is 29.3 Å². The van der Waals surface area contributed by atoms with Crippen LogP contribution in [-0.4, -0.2) is 81.3 Å². The topological polar surface area (TPSA) is 107 Å². The van der Waals surface area contributed by atoms with Gasteiger partial charge in [0.25, 0.3) is 5.91 Å². The molecule has 0 bridgehead atoms. The van der Waals surface area contributed by atoms with Crippen molar-refractivity contribution >= 4 is 17.7 Å². The second kappa shape index (κ2) is 15.7. The lowest BCUT2D eigenvalue weighted by atomic mass is 9.87. The van der Waals surface area contributed by atoms with Gasteiger partial charge in [-0.05, 0) is 60.4 Å². The normalized spacial score (nSPS) is 17.8. The minimum Gasteiger partial charge on any atom is -0.493 e. The first-order valence-electron chi connectivity index (χ1n) is 15.3. The lowest BCUT2D eigenvalue weighted by molar-refractivity contribution is -0.121. The SMILES string of the molecule is COCCCN1C(=O)COc2ccc(COC3CN(C(=O)O)CCC3c3ccc(OCCCOc4cc(F)ccc4F)cc3)cc21. The molecule has 246 valence electrons. The lowest BCUT2D eigenvalue weighted by Gasteiger charge is -2.37. The number of carboxylic acid groups (broad SMARTS) is 1. The van der Waals surface area contributed by atoms with Crippen molar-refractivity contribution in [2.45, 2.75) is 37.9 Å². The molecule has 2 aliphatic rings. The Kier molecular flexibility index (Phi) is 11.3.